The Kier molecular flexibility index (Phi) is 4.27. The molecular formula is C17H19F3N2O2. The van der Waals surface area contributed by atoms with Crippen LogP contribution in [0.25, 0.3) is 0 Å². The van der Waals surface area contributed by atoms with Crippen LogP contribution in [0.1, 0.15) is 39.9 Å². The predicted octanol–water partition coefficient (Wildman–Crippen LogP) is 2.74. The topological polar surface area (TPSA) is 49.4 Å². The molecular weight excluding hydrogens is 321 g/mol. The maximum absolute atomic E-state index is 12.4. The van der Waals surface area contributed by atoms with E-state index < -0.39 is 18.6 Å². The second-order valence-electron chi connectivity index (χ2n) is 6.42. The lowest BCUT2D eigenvalue weighted by Gasteiger charge is -2.21. The SMILES string of the molecule is CN(CC(F)(F)F)C(=O)CNc1c2c(cc3c1C(=O)CC3)CCC2. The molecule has 130 valence electrons. The van der Waals surface area contributed by atoms with Crippen LogP contribution in [0.2, 0.25) is 0 Å². The number of carbonyl (C=O) groups excluding carboxylic acids is 2. The van der Waals surface area contributed by atoms with Crippen LogP contribution in [0, 0.1) is 0 Å². The normalized spacial score (nSPS) is 16.1. The molecule has 0 bridgehead atoms. The van der Waals surface area contributed by atoms with E-state index in [1.54, 1.807) is 0 Å². The summed E-state index contributed by atoms with van der Waals surface area (Å²) in [6.45, 7) is -1.53. The van der Waals surface area contributed by atoms with E-state index in [2.05, 4.69) is 11.4 Å². The van der Waals surface area contributed by atoms with Crippen LogP contribution in [0.5, 0.6) is 0 Å². The van der Waals surface area contributed by atoms with Gasteiger partial charge in [0.05, 0.1) is 6.54 Å². The van der Waals surface area contributed by atoms with Crippen molar-refractivity contribution in [2.75, 3.05) is 25.5 Å². The molecule has 0 fully saturated rings. The number of nitrogens with zero attached hydrogens (tertiary/aromatic N) is 1. The second-order valence-corrected chi connectivity index (χ2v) is 6.42. The number of likely N-dealkylation sites (N-methyl/N-ethyl adjacent to an activating group) is 1. The van der Waals surface area contributed by atoms with Gasteiger partial charge in [-0.1, -0.05) is 6.07 Å². The summed E-state index contributed by atoms with van der Waals surface area (Å²) in [7, 11) is 1.13. The van der Waals surface area contributed by atoms with E-state index >= 15 is 0 Å². The van der Waals surface area contributed by atoms with Gasteiger partial charge in [0.2, 0.25) is 5.91 Å². The van der Waals surface area contributed by atoms with E-state index in [-0.39, 0.29) is 12.3 Å². The summed E-state index contributed by atoms with van der Waals surface area (Å²) in [5, 5.41) is 2.96. The van der Waals surface area contributed by atoms with Crippen molar-refractivity contribution in [3.05, 3.63) is 28.3 Å². The second kappa shape index (κ2) is 6.11. The molecule has 0 saturated heterocycles. The molecule has 2 aliphatic carbocycles. The Morgan fingerprint density at radius 3 is 2.67 bits per heavy atom. The number of carbonyl (C=O) groups is 2. The number of nitrogens with one attached hydrogen (secondary N) is 1. The summed E-state index contributed by atoms with van der Waals surface area (Å²) in [6.07, 6.45) is -0.524. The number of rotatable bonds is 4. The monoisotopic (exact) mass is 340 g/mol. The fourth-order valence-corrected chi connectivity index (χ4v) is 3.55. The number of amides is 1. The Balaban J connectivity index is 1.79. The lowest BCUT2D eigenvalue weighted by atomic mass is 9.98. The Labute approximate surface area is 138 Å². The van der Waals surface area contributed by atoms with Crippen LogP contribution >= 0.6 is 0 Å². The maximum Gasteiger partial charge on any atom is 0.406 e. The Hall–Kier alpha value is -2.05. The number of benzene rings is 1. The predicted molar refractivity (Wildman–Crippen MR) is 83.3 cm³/mol. The largest absolute Gasteiger partial charge is 0.406 e. The molecule has 24 heavy (non-hydrogen) atoms. The van der Waals surface area contributed by atoms with Crippen molar-refractivity contribution < 1.29 is 22.8 Å². The van der Waals surface area contributed by atoms with Crippen LogP contribution in [-0.2, 0) is 24.1 Å². The first kappa shape index (κ1) is 16.8. The Morgan fingerprint density at radius 1 is 1.21 bits per heavy atom. The quantitative estimate of drug-likeness (QED) is 0.917. The van der Waals surface area contributed by atoms with Gasteiger partial charge < -0.3 is 10.2 Å². The van der Waals surface area contributed by atoms with Crippen molar-refractivity contribution in [1.29, 1.82) is 0 Å². The third-order valence-corrected chi connectivity index (χ3v) is 4.64. The minimum Gasteiger partial charge on any atom is -0.375 e. The van der Waals surface area contributed by atoms with E-state index in [1.807, 2.05) is 0 Å². The zero-order valence-corrected chi connectivity index (χ0v) is 13.4. The molecule has 1 aromatic rings. The van der Waals surface area contributed by atoms with Gasteiger partial charge in [-0.2, -0.15) is 13.2 Å². The van der Waals surface area contributed by atoms with E-state index in [9.17, 15) is 22.8 Å². The van der Waals surface area contributed by atoms with Crippen molar-refractivity contribution in [3.63, 3.8) is 0 Å². The van der Waals surface area contributed by atoms with Crippen molar-refractivity contribution in [1.82, 2.24) is 4.90 Å². The van der Waals surface area contributed by atoms with Crippen LogP contribution in [0.15, 0.2) is 6.07 Å². The maximum atomic E-state index is 12.4. The van der Waals surface area contributed by atoms with Crippen LogP contribution in [-0.4, -0.2) is 42.9 Å². The summed E-state index contributed by atoms with van der Waals surface area (Å²) in [5.74, 6) is -0.611. The molecule has 3 rings (SSSR count). The highest BCUT2D eigenvalue weighted by Gasteiger charge is 2.32. The summed E-state index contributed by atoms with van der Waals surface area (Å²) in [6, 6.07) is 2.07. The third kappa shape index (κ3) is 3.25. The number of Topliss-reactive ketones (excluding diaryl/α,β-unsaturated/α-hetero) is 1. The zero-order valence-electron chi connectivity index (χ0n) is 13.4. The van der Waals surface area contributed by atoms with E-state index in [0.29, 0.717) is 29.0 Å². The molecule has 0 spiro atoms. The molecule has 0 saturated carbocycles. The minimum atomic E-state index is -4.42. The molecule has 1 amide bonds. The molecule has 4 nitrogen and oxygen atoms in total. The lowest BCUT2D eigenvalue weighted by molar-refractivity contribution is -0.157. The standard InChI is InChI=1S/C17H19F3N2O2/c1-22(9-17(18,19)20)14(24)8-21-16-12-4-2-3-10(12)7-11-5-6-13(23)15(11)16/h7,21H,2-6,8-9H2,1H3. The Morgan fingerprint density at radius 2 is 1.96 bits per heavy atom. The molecule has 0 atom stereocenters. The van der Waals surface area contributed by atoms with Gasteiger partial charge in [0.25, 0.3) is 0 Å². The van der Waals surface area contributed by atoms with Gasteiger partial charge >= 0.3 is 6.18 Å². The molecule has 7 heteroatoms. The van der Waals surface area contributed by atoms with Crippen LogP contribution < -0.4 is 5.32 Å². The van der Waals surface area contributed by atoms with Gasteiger partial charge in [0.1, 0.15) is 6.54 Å². The smallest absolute Gasteiger partial charge is 0.375 e. The van der Waals surface area contributed by atoms with Gasteiger partial charge in [0, 0.05) is 24.7 Å². The van der Waals surface area contributed by atoms with Gasteiger partial charge in [0.15, 0.2) is 5.78 Å². The van der Waals surface area contributed by atoms with Gasteiger partial charge in [-0.05, 0) is 42.4 Å². The number of ketones is 1. The average Bonchev–Trinajstić information content (AvgIpc) is 3.08. The van der Waals surface area contributed by atoms with Gasteiger partial charge in [-0.3, -0.25) is 9.59 Å². The fraction of sp³-hybridized carbons (Fsp3) is 0.529. The summed E-state index contributed by atoms with van der Waals surface area (Å²) >= 11 is 0. The van der Waals surface area contributed by atoms with Crippen molar-refractivity contribution >= 4 is 17.4 Å². The molecule has 0 unspecified atom stereocenters. The first-order chi connectivity index (χ1) is 11.3. The number of aryl methyl sites for hydroxylation is 2. The van der Waals surface area contributed by atoms with Crippen LogP contribution in [0.4, 0.5) is 18.9 Å². The highest BCUT2D eigenvalue weighted by molar-refractivity contribution is 6.06. The van der Waals surface area contributed by atoms with Gasteiger partial charge in [-0.15, -0.1) is 0 Å². The van der Waals surface area contributed by atoms with Crippen molar-refractivity contribution in [3.8, 4) is 0 Å². The van der Waals surface area contributed by atoms with Crippen molar-refractivity contribution in [2.24, 2.45) is 0 Å². The van der Waals surface area contributed by atoms with Crippen molar-refractivity contribution in [2.45, 2.75) is 38.3 Å². The molecule has 1 aromatic carbocycles. The molecule has 1 N–H and O–H groups in total. The van der Waals surface area contributed by atoms with Gasteiger partial charge in [-0.25, -0.2) is 0 Å². The highest BCUT2D eigenvalue weighted by Crippen LogP contribution is 2.38. The van der Waals surface area contributed by atoms with E-state index in [0.717, 1.165) is 37.4 Å². The Bertz CT molecular complexity index is 698. The number of hydrogen-bond donors (Lipinski definition) is 1. The highest BCUT2D eigenvalue weighted by atomic mass is 19.4. The summed E-state index contributed by atoms with van der Waals surface area (Å²) in [5.41, 5.74) is 4.50. The third-order valence-electron chi connectivity index (χ3n) is 4.64. The first-order valence-electron chi connectivity index (χ1n) is 8.01. The lowest BCUT2D eigenvalue weighted by Crippen LogP contribution is -2.39. The number of hydrogen-bond acceptors (Lipinski definition) is 3. The number of alkyl halides is 3. The summed E-state index contributed by atoms with van der Waals surface area (Å²) < 4.78 is 37.1. The minimum absolute atomic E-state index is 0.0401. The number of fused-ring (bicyclic) bond motifs is 2. The van der Waals surface area contributed by atoms with Crippen LogP contribution in [0.3, 0.4) is 0 Å². The summed E-state index contributed by atoms with van der Waals surface area (Å²) in [4.78, 5) is 24.8. The zero-order chi connectivity index (χ0) is 17.5. The molecule has 0 aromatic heterocycles. The number of anilines is 1. The average molecular weight is 340 g/mol. The molecule has 2 aliphatic rings. The molecule has 0 radical (unpaired) electrons. The van der Waals surface area contributed by atoms with E-state index in [4.69, 9.17) is 0 Å². The first-order valence-corrected chi connectivity index (χ1v) is 8.01. The number of halogens is 3. The van der Waals surface area contributed by atoms with E-state index in [1.165, 1.54) is 5.56 Å². The molecule has 0 heterocycles. The fourth-order valence-electron chi connectivity index (χ4n) is 3.55. The molecule has 0 aliphatic heterocycles.